The standard InChI is InChI=1S/C35H39FN4O3/c1-23(37-33(41)28-17-31(25-5-6-25)34(42)40(20-28)39-13-15-43-16-14-39)24-3-7-26(8-4-24)32(27-9-11-30(36)12-10-27)29-18-35(19-29)21-38(2)22-35/h3-4,7-12,17,20,23,25H,5-6,13-16,18-19,21-22H2,1-2H3,(H,37,41)/t23-/m1/s1. The zero-order valence-corrected chi connectivity index (χ0v) is 24.9. The van der Waals surface area contributed by atoms with Crippen LogP contribution in [-0.4, -0.2) is 61.9 Å². The first-order valence-electron chi connectivity index (χ1n) is 15.5. The van der Waals surface area contributed by atoms with Crippen molar-refractivity contribution in [3.05, 3.63) is 110 Å². The van der Waals surface area contributed by atoms with Crippen LogP contribution in [0.1, 0.15) is 77.2 Å². The Bertz CT molecular complexity index is 1600. The van der Waals surface area contributed by atoms with E-state index < -0.39 is 0 Å². The van der Waals surface area contributed by atoms with E-state index in [4.69, 9.17) is 4.74 Å². The fourth-order valence-electron chi connectivity index (χ4n) is 7.23. The second kappa shape index (κ2) is 11.1. The molecule has 1 atom stereocenters. The first-order valence-corrected chi connectivity index (χ1v) is 15.5. The summed E-state index contributed by atoms with van der Waals surface area (Å²) in [5.74, 6) is -0.194. The largest absolute Gasteiger partial charge is 0.378 e. The second-order valence-corrected chi connectivity index (χ2v) is 13.0. The summed E-state index contributed by atoms with van der Waals surface area (Å²) in [5.41, 5.74) is 7.36. The number of pyridine rings is 1. The number of morpholine rings is 1. The fourth-order valence-corrected chi connectivity index (χ4v) is 7.23. The van der Waals surface area contributed by atoms with Crippen LogP contribution in [0.2, 0.25) is 0 Å². The number of rotatable bonds is 7. The highest BCUT2D eigenvalue weighted by Crippen LogP contribution is 2.54. The third-order valence-corrected chi connectivity index (χ3v) is 9.52. The van der Waals surface area contributed by atoms with Crippen LogP contribution in [0.4, 0.5) is 4.39 Å². The highest BCUT2D eigenvalue weighted by molar-refractivity contribution is 5.94. The maximum atomic E-state index is 13.8. The van der Waals surface area contributed by atoms with Crippen LogP contribution in [0.3, 0.4) is 0 Å². The molecule has 3 aromatic rings. The van der Waals surface area contributed by atoms with E-state index in [0.29, 0.717) is 37.3 Å². The number of nitrogens with zero attached hydrogens (tertiary/aromatic N) is 3. The molecular weight excluding hydrogens is 543 g/mol. The van der Waals surface area contributed by atoms with Crippen LogP contribution in [-0.2, 0) is 4.74 Å². The summed E-state index contributed by atoms with van der Waals surface area (Å²) in [7, 11) is 2.17. The van der Waals surface area contributed by atoms with Crippen LogP contribution in [0.5, 0.6) is 0 Å². The minimum Gasteiger partial charge on any atom is -0.378 e. The van der Waals surface area contributed by atoms with Crippen LogP contribution in [0.15, 0.2) is 71.2 Å². The zero-order chi connectivity index (χ0) is 29.7. The van der Waals surface area contributed by atoms with Crippen LogP contribution in [0.25, 0.3) is 5.57 Å². The van der Waals surface area contributed by atoms with Gasteiger partial charge in [-0.1, -0.05) is 42.0 Å². The van der Waals surface area contributed by atoms with Gasteiger partial charge in [-0.15, -0.1) is 0 Å². The van der Waals surface area contributed by atoms with Gasteiger partial charge in [-0.3, -0.25) is 9.59 Å². The molecule has 4 fully saturated rings. The van der Waals surface area contributed by atoms with Gasteiger partial charge in [-0.25, -0.2) is 9.07 Å². The average Bonchev–Trinajstić information content (AvgIpc) is 3.82. The van der Waals surface area contributed by atoms with Gasteiger partial charge < -0.3 is 20.0 Å². The van der Waals surface area contributed by atoms with Gasteiger partial charge in [-0.2, -0.15) is 0 Å². The Hall–Kier alpha value is -3.75. The molecule has 0 bridgehead atoms. The van der Waals surface area contributed by atoms with Crippen molar-refractivity contribution >= 4 is 11.5 Å². The summed E-state index contributed by atoms with van der Waals surface area (Å²) in [6.45, 7) is 6.61. The van der Waals surface area contributed by atoms with Gasteiger partial charge in [0.2, 0.25) is 0 Å². The quantitative estimate of drug-likeness (QED) is 0.432. The lowest BCUT2D eigenvalue weighted by Gasteiger charge is -2.56. The van der Waals surface area contributed by atoms with E-state index in [2.05, 4.69) is 41.5 Å². The number of nitrogens with one attached hydrogen (secondary N) is 1. The van der Waals surface area contributed by atoms with Crippen LogP contribution in [0, 0.1) is 11.2 Å². The normalized spacial score (nSPS) is 20.3. The van der Waals surface area contributed by atoms with E-state index >= 15 is 0 Å². The van der Waals surface area contributed by atoms with Gasteiger partial charge >= 0.3 is 0 Å². The van der Waals surface area contributed by atoms with Crippen molar-refractivity contribution < 1.29 is 13.9 Å². The van der Waals surface area contributed by atoms with Gasteiger partial charge in [0.25, 0.3) is 11.5 Å². The van der Waals surface area contributed by atoms with Crippen molar-refractivity contribution in [3.63, 3.8) is 0 Å². The number of hydrogen-bond acceptors (Lipinski definition) is 5. The summed E-state index contributed by atoms with van der Waals surface area (Å²) < 4.78 is 20.9. The lowest BCUT2D eigenvalue weighted by atomic mass is 9.59. The smallest absolute Gasteiger partial charge is 0.272 e. The predicted octanol–water partition coefficient (Wildman–Crippen LogP) is 4.85. The number of amides is 1. The molecule has 7 rings (SSSR count). The highest BCUT2D eigenvalue weighted by atomic mass is 19.1. The molecule has 43 heavy (non-hydrogen) atoms. The Balaban J connectivity index is 1.11. The van der Waals surface area contributed by atoms with Gasteiger partial charge in [0.1, 0.15) is 5.82 Å². The number of carbonyl (C=O) groups is 1. The van der Waals surface area contributed by atoms with Crippen molar-refractivity contribution in [3.8, 4) is 0 Å². The molecule has 1 spiro atoms. The minimum atomic E-state index is -0.233. The third kappa shape index (κ3) is 5.54. The van der Waals surface area contributed by atoms with E-state index in [1.807, 2.05) is 24.1 Å². The molecule has 0 unspecified atom stereocenters. The van der Waals surface area contributed by atoms with Crippen LogP contribution < -0.4 is 15.9 Å². The number of likely N-dealkylation sites (tertiary alicyclic amines) is 1. The number of carbonyl (C=O) groups excluding carboxylic acids is 1. The maximum absolute atomic E-state index is 13.8. The highest BCUT2D eigenvalue weighted by Gasteiger charge is 2.49. The third-order valence-electron chi connectivity index (χ3n) is 9.52. The molecule has 1 N–H and O–H groups in total. The van der Waals surface area contributed by atoms with Crippen LogP contribution >= 0.6 is 0 Å². The summed E-state index contributed by atoms with van der Waals surface area (Å²) >= 11 is 0. The molecule has 4 aliphatic rings. The number of ether oxygens (including phenoxy) is 1. The van der Waals surface area contributed by atoms with Gasteiger partial charge in [0.15, 0.2) is 0 Å². The Morgan fingerprint density at radius 1 is 0.977 bits per heavy atom. The zero-order valence-electron chi connectivity index (χ0n) is 24.9. The number of halogens is 1. The molecule has 224 valence electrons. The molecule has 2 saturated heterocycles. The topological polar surface area (TPSA) is 66.8 Å². The Labute approximate surface area is 251 Å². The lowest BCUT2D eigenvalue weighted by Crippen LogP contribution is -2.58. The number of hydrogen-bond donors (Lipinski definition) is 1. The Kier molecular flexibility index (Phi) is 7.22. The molecule has 2 aliphatic carbocycles. The van der Waals surface area contributed by atoms with Gasteiger partial charge in [0, 0.05) is 30.3 Å². The van der Waals surface area contributed by atoms with E-state index in [-0.39, 0.29) is 29.2 Å². The Morgan fingerprint density at radius 2 is 1.60 bits per heavy atom. The molecular formula is C35H39FN4O3. The first-order chi connectivity index (χ1) is 20.8. The molecule has 2 saturated carbocycles. The van der Waals surface area contributed by atoms with Gasteiger partial charge in [-0.05, 0) is 86.0 Å². The maximum Gasteiger partial charge on any atom is 0.272 e. The van der Waals surface area contributed by atoms with E-state index in [9.17, 15) is 14.0 Å². The van der Waals surface area contributed by atoms with Crippen molar-refractivity contribution in [1.29, 1.82) is 0 Å². The van der Waals surface area contributed by atoms with E-state index in [0.717, 1.165) is 61.0 Å². The molecule has 1 amide bonds. The lowest BCUT2D eigenvalue weighted by molar-refractivity contribution is -0.0106. The Morgan fingerprint density at radius 3 is 2.21 bits per heavy atom. The summed E-state index contributed by atoms with van der Waals surface area (Å²) in [6.07, 6.45) is 5.80. The molecule has 1 aromatic heterocycles. The predicted molar refractivity (Wildman–Crippen MR) is 165 cm³/mol. The van der Waals surface area contributed by atoms with Crippen molar-refractivity contribution in [2.24, 2.45) is 5.41 Å². The van der Waals surface area contributed by atoms with Crippen molar-refractivity contribution in [2.75, 3.05) is 51.4 Å². The summed E-state index contributed by atoms with van der Waals surface area (Å²) in [4.78, 5) is 29.1. The molecule has 7 nitrogen and oxygen atoms in total. The van der Waals surface area contributed by atoms with E-state index in [1.165, 1.54) is 23.3 Å². The minimum absolute atomic E-state index is 0.0302. The molecule has 0 radical (unpaired) electrons. The van der Waals surface area contributed by atoms with Crippen molar-refractivity contribution in [1.82, 2.24) is 14.9 Å². The molecule has 3 heterocycles. The summed E-state index contributed by atoms with van der Waals surface area (Å²) in [6, 6.07) is 16.7. The first kappa shape index (κ1) is 28.0. The van der Waals surface area contributed by atoms with Crippen molar-refractivity contribution in [2.45, 2.75) is 44.6 Å². The summed E-state index contributed by atoms with van der Waals surface area (Å²) in [5, 5.41) is 5.12. The van der Waals surface area contributed by atoms with E-state index in [1.54, 1.807) is 16.9 Å². The monoisotopic (exact) mass is 582 g/mol. The number of allylic oxidation sites excluding steroid dienone is 1. The SMILES string of the molecule is C[C@@H](NC(=O)c1cc(C2CC2)c(=O)n(N2CCOCC2)c1)c1ccc(C(=C2CC3(C2)CN(C)C3)c2ccc(F)cc2)cc1. The fraction of sp³-hybridized carbons (Fsp3) is 0.429. The molecule has 8 heteroatoms. The molecule has 2 aliphatic heterocycles. The number of benzene rings is 2. The average molecular weight is 583 g/mol. The number of aromatic nitrogens is 1. The second-order valence-electron chi connectivity index (χ2n) is 13.0. The molecule has 2 aromatic carbocycles. The van der Waals surface area contributed by atoms with Gasteiger partial charge in [0.05, 0.1) is 37.9 Å².